The molecule has 0 saturated heterocycles. The molecular formula is C22H24O12S. The van der Waals surface area contributed by atoms with E-state index in [4.69, 9.17) is 9.47 Å². The van der Waals surface area contributed by atoms with Gasteiger partial charge >= 0.3 is 17.9 Å². The number of carbonyl (C=O) groups is 3. The maximum Gasteiger partial charge on any atom is 0.344 e. The van der Waals surface area contributed by atoms with Crippen molar-refractivity contribution in [3.8, 4) is 23.0 Å². The largest absolute Gasteiger partial charge is 0.508 e. The molecule has 2 unspecified atom stereocenters. The summed E-state index contributed by atoms with van der Waals surface area (Å²) in [4.78, 5) is 35.5. The highest BCUT2D eigenvalue weighted by Crippen LogP contribution is 2.39. The van der Waals surface area contributed by atoms with E-state index < -0.39 is 92.6 Å². The van der Waals surface area contributed by atoms with Crippen LogP contribution in [0.15, 0.2) is 24.3 Å². The number of phenolic OH excluding ortho intramolecular Hbond substituents is 3. The number of benzene rings is 2. The Labute approximate surface area is 201 Å². The number of phenols is 4. The lowest BCUT2D eigenvalue weighted by Gasteiger charge is -2.19. The van der Waals surface area contributed by atoms with Crippen LogP contribution in [0.2, 0.25) is 0 Å². The third-order valence-corrected chi connectivity index (χ3v) is 5.64. The summed E-state index contributed by atoms with van der Waals surface area (Å²) in [5.74, 6) is -6.24. The Balaban J connectivity index is 2.38. The minimum absolute atomic E-state index is 0.240. The van der Waals surface area contributed by atoms with E-state index in [1.165, 1.54) is 0 Å². The first-order valence-corrected chi connectivity index (χ1v) is 11.1. The smallest absolute Gasteiger partial charge is 0.344 e. The molecule has 2 aromatic carbocycles. The van der Waals surface area contributed by atoms with Crippen molar-refractivity contribution >= 4 is 29.0 Å². The number of carboxylic acid groups (broad SMARTS) is 1. The van der Waals surface area contributed by atoms with Gasteiger partial charge in [0.05, 0.1) is 10.7 Å². The van der Waals surface area contributed by atoms with E-state index in [0.29, 0.717) is 0 Å². The minimum atomic E-state index is -2.78. The van der Waals surface area contributed by atoms with Crippen LogP contribution in [-0.2, 0) is 31.8 Å². The van der Waals surface area contributed by atoms with Gasteiger partial charge in [0.2, 0.25) is 6.79 Å². The summed E-state index contributed by atoms with van der Waals surface area (Å²) in [7, 11) is 0. The van der Waals surface area contributed by atoms with E-state index in [2.05, 4.69) is 0 Å². The summed E-state index contributed by atoms with van der Waals surface area (Å²) in [5.41, 5.74) is -2.82. The third kappa shape index (κ3) is 6.61. The fourth-order valence-corrected chi connectivity index (χ4v) is 3.68. The van der Waals surface area contributed by atoms with Gasteiger partial charge in [-0.2, -0.15) is 0 Å². The zero-order chi connectivity index (χ0) is 26.7. The minimum Gasteiger partial charge on any atom is -0.508 e. The Kier molecular flexibility index (Phi) is 8.31. The van der Waals surface area contributed by atoms with Gasteiger partial charge < -0.3 is 39.6 Å². The van der Waals surface area contributed by atoms with Gasteiger partial charge in [-0.15, -0.1) is 0 Å². The number of hydrogen-bond donors (Lipinski definition) is 6. The summed E-state index contributed by atoms with van der Waals surface area (Å²) < 4.78 is 31.4. The average molecular weight is 512 g/mol. The normalized spacial score (nSPS) is 13.0. The van der Waals surface area contributed by atoms with Crippen molar-refractivity contribution in [3.63, 3.8) is 0 Å². The quantitative estimate of drug-likeness (QED) is 0.130. The Morgan fingerprint density at radius 1 is 0.914 bits per heavy atom. The predicted octanol–water partition coefficient (Wildman–Crippen LogP) is 2.42. The molecule has 2 rings (SSSR count). The molecule has 35 heavy (non-hydrogen) atoms. The number of carbonyl (C=O) groups excluding carboxylic acids is 2. The molecule has 0 aliphatic heterocycles. The van der Waals surface area contributed by atoms with Crippen molar-refractivity contribution in [3.05, 3.63) is 46.5 Å². The number of aromatic hydroxyl groups is 4. The highest BCUT2D eigenvalue weighted by atomic mass is 32.2. The Hall–Kier alpha value is -3.84. The lowest BCUT2D eigenvalue weighted by molar-refractivity contribution is -0.161. The van der Waals surface area contributed by atoms with E-state index in [-0.39, 0.29) is 5.56 Å². The van der Waals surface area contributed by atoms with Gasteiger partial charge in [-0.25, -0.2) is 13.8 Å². The Morgan fingerprint density at radius 2 is 1.49 bits per heavy atom. The van der Waals surface area contributed by atoms with Crippen molar-refractivity contribution < 1.29 is 58.2 Å². The van der Waals surface area contributed by atoms with Crippen molar-refractivity contribution in [1.82, 2.24) is 0 Å². The molecule has 0 saturated carbocycles. The summed E-state index contributed by atoms with van der Waals surface area (Å²) in [6.45, 7) is 3.96. The van der Waals surface area contributed by atoms with Crippen LogP contribution in [0.5, 0.6) is 23.0 Å². The summed E-state index contributed by atoms with van der Waals surface area (Å²) >= 11 is -2.78. The molecular weight excluding hydrogens is 488 g/mol. The van der Waals surface area contributed by atoms with Crippen LogP contribution >= 0.6 is 0 Å². The maximum atomic E-state index is 12.4. The molecule has 13 heteroatoms. The fourth-order valence-electron chi connectivity index (χ4n) is 2.96. The average Bonchev–Trinajstić information content (AvgIpc) is 2.74. The first kappa shape index (κ1) is 27.4. The summed E-state index contributed by atoms with van der Waals surface area (Å²) in [6, 6.07) is 3.44. The molecule has 0 radical (unpaired) electrons. The number of esters is 2. The van der Waals surface area contributed by atoms with E-state index in [1.54, 1.807) is 20.8 Å². The number of ether oxygens (including phenoxy) is 2. The molecule has 190 valence electrons. The van der Waals surface area contributed by atoms with Crippen LogP contribution in [0.1, 0.15) is 57.9 Å². The molecule has 2 atom stereocenters. The Morgan fingerprint density at radius 3 is 2.03 bits per heavy atom. The van der Waals surface area contributed by atoms with Crippen molar-refractivity contribution in [2.24, 2.45) is 5.41 Å². The molecule has 12 nitrogen and oxygen atoms in total. The lowest BCUT2D eigenvalue weighted by Crippen LogP contribution is -2.24. The zero-order valence-electron chi connectivity index (χ0n) is 18.8. The number of aromatic carboxylic acids is 1. The van der Waals surface area contributed by atoms with Crippen LogP contribution in [0, 0.1) is 5.41 Å². The molecule has 6 N–H and O–H groups in total. The van der Waals surface area contributed by atoms with Crippen LogP contribution < -0.4 is 0 Å². The zero-order valence-corrected chi connectivity index (χ0v) is 19.7. The van der Waals surface area contributed by atoms with E-state index in [1.807, 2.05) is 0 Å². The SMILES string of the molecule is CC(C)(C)C(=O)OCOC(=O)c1cc(O)cc(CC(c2cc(O)cc(C(=O)O)c2O)S(=O)O)c1O. The van der Waals surface area contributed by atoms with Crippen LogP contribution in [0.25, 0.3) is 0 Å². The molecule has 0 aliphatic carbocycles. The molecule has 2 aromatic rings. The second-order valence-corrected chi connectivity index (χ2v) is 9.56. The highest BCUT2D eigenvalue weighted by Gasteiger charge is 2.29. The highest BCUT2D eigenvalue weighted by molar-refractivity contribution is 7.79. The molecule has 0 fully saturated rings. The summed E-state index contributed by atoms with van der Waals surface area (Å²) in [6.07, 6.45) is -0.585. The Bertz CT molecular complexity index is 1180. The van der Waals surface area contributed by atoms with Gasteiger partial charge in [-0.1, -0.05) is 0 Å². The number of hydrogen-bond acceptors (Lipinski definition) is 10. The lowest BCUT2D eigenvalue weighted by atomic mass is 9.97. The van der Waals surface area contributed by atoms with Gasteiger partial charge in [0.1, 0.15) is 34.1 Å². The van der Waals surface area contributed by atoms with E-state index in [9.17, 15) is 48.7 Å². The maximum absolute atomic E-state index is 12.4. The molecule has 0 aromatic heterocycles. The van der Waals surface area contributed by atoms with Gasteiger partial charge in [0.25, 0.3) is 0 Å². The van der Waals surface area contributed by atoms with Gasteiger partial charge in [0.15, 0.2) is 11.1 Å². The standard InChI is InChI=1S/C22H24O12S/c1-22(2,3)21(30)34-9-33-20(29)15-8-11(23)4-10(17(15)25)5-16(35(31)32)13-6-12(24)7-14(18(13)26)19(27)28/h4,6-8,16,23-26H,5,9H2,1-3H3,(H,27,28)(H,31,32). The van der Waals surface area contributed by atoms with E-state index >= 15 is 0 Å². The van der Waals surface area contributed by atoms with Crippen molar-refractivity contribution in [2.75, 3.05) is 6.79 Å². The van der Waals surface area contributed by atoms with Crippen molar-refractivity contribution in [2.45, 2.75) is 32.4 Å². The fraction of sp³-hybridized carbons (Fsp3) is 0.318. The predicted molar refractivity (Wildman–Crippen MR) is 120 cm³/mol. The monoisotopic (exact) mass is 512 g/mol. The molecule has 0 aliphatic rings. The molecule has 0 amide bonds. The molecule has 0 heterocycles. The summed E-state index contributed by atoms with van der Waals surface area (Å²) in [5, 5.41) is 48.3. The third-order valence-electron chi connectivity index (χ3n) is 4.74. The number of carboxylic acids is 1. The van der Waals surface area contributed by atoms with Crippen LogP contribution in [0.3, 0.4) is 0 Å². The first-order chi connectivity index (χ1) is 16.1. The van der Waals surface area contributed by atoms with Gasteiger partial charge in [-0.3, -0.25) is 4.79 Å². The topological polar surface area (TPSA) is 208 Å². The van der Waals surface area contributed by atoms with Gasteiger partial charge in [-0.05, 0) is 51.5 Å². The van der Waals surface area contributed by atoms with Gasteiger partial charge in [0, 0.05) is 11.1 Å². The molecule has 0 bridgehead atoms. The number of rotatable bonds is 8. The van der Waals surface area contributed by atoms with Crippen LogP contribution in [0.4, 0.5) is 0 Å². The second-order valence-electron chi connectivity index (χ2n) is 8.44. The molecule has 0 spiro atoms. The van der Waals surface area contributed by atoms with Crippen LogP contribution in [-0.4, -0.2) is 59.0 Å². The second kappa shape index (κ2) is 10.6. The van der Waals surface area contributed by atoms with Crippen molar-refractivity contribution in [1.29, 1.82) is 0 Å². The first-order valence-electron chi connectivity index (χ1n) is 9.91. The van der Waals surface area contributed by atoms with E-state index in [0.717, 1.165) is 24.3 Å².